The number of fused-ring (bicyclic) bond motifs is 1. The van der Waals surface area contributed by atoms with Gasteiger partial charge in [0.05, 0.1) is 11.9 Å². The number of nitrogens with one attached hydrogen (secondary N) is 1. The molecule has 0 saturated heterocycles. The van der Waals surface area contributed by atoms with Crippen LogP contribution in [0.2, 0.25) is 0 Å². The van der Waals surface area contributed by atoms with Crippen molar-refractivity contribution >= 4 is 0 Å². The van der Waals surface area contributed by atoms with E-state index >= 15 is 0 Å². The summed E-state index contributed by atoms with van der Waals surface area (Å²) < 4.78 is 1.95. The van der Waals surface area contributed by atoms with Crippen molar-refractivity contribution in [3.8, 4) is 0 Å². The first-order chi connectivity index (χ1) is 5.27. The first-order valence-electron chi connectivity index (χ1n) is 4.00. The van der Waals surface area contributed by atoms with E-state index in [0.29, 0.717) is 6.04 Å². The van der Waals surface area contributed by atoms with Gasteiger partial charge in [-0.3, -0.25) is 4.68 Å². The van der Waals surface area contributed by atoms with E-state index in [1.54, 1.807) is 0 Å². The van der Waals surface area contributed by atoms with Crippen molar-refractivity contribution in [2.45, 2.75) is 25.9 Å². The van der Waals surface area contributed by atoms with Gasteiger partial charge < -0.3 is 5.32 Å². The molecule has 2 rings (SSSR count). The Morgan fingerprint density at radius 2 is 2.55 bits per heavy atom. The van der Waals surface area contributed by atoms with E-state index in [1.165, 1.54) is 11.3 Å². The highest BCUT2D eigenvalue weighted by molar-refractivity contribution is 5.21. The molecule has 3 nitrogen and oxygen atoms in total. The summed E-state index contributed by atoms with van der Waals surface area (Å²) in [7, 11) is 2.00. The molecule has 0 aliphatic carbocycles. The van der Waals surface area contributed by atoms with Gasteiger partial charge in [-0.2, -0.15) is 5.10 Å². The highest BCUT2D eigenvalue weighted by Gasteiger charge is 2.16. The molecular formula is C8H13N3. The molecule has 1 aliphatic rings. The highest BCUT2D eigenvalue weighted by Crippen LogP contribution is 2.14. The van der Waals surface area contributed by atoms with Gasteiger partial charge >= 0.3 is 0 Å². The van der Waals surface area contributed by atoms with Crippen LogP contribution in [-0.4, -0.2) is 15.8 Å². The van der Waals surface area contributed by atoms with Crippen molar-refractivity contribution in [2.75, 3.05) is 0 Å². The second kappa shape index (κ2) is 2.34. The Morgan fingerprint density at radius 1 is 1.73 bits per heavy atom. The Bertz CT molecular complexity index is 264. The topological polar surface area (TPSA) is 29.9 Å². The number of rotatable bonds is 0. The van der Waals surface area contributed by atoms with Crippen LogP contribution >= 0.6 is 0 Å². The molecule has 0 fully saturated rings. The molecule has 2 heterocycles. The van der Waals surface area contributed by atoms with Gasteiger partial charge in [0.25, 0.3) is 0 Å². The molecule has 0 unspecified atom stereocenters. The average Bonchev–Trinajstić information content (AvgIpc) is 2.32. The number of aryl methyl sites for hydroxylation is 1. The smallest absolute Gasteiger partial charge is 0.0551 e. The summed E-state index contributed by atoms with van der Waals surface area (Å²) in [5.41, 5.74) is 2.74. The van der Waals surface area contributed by atoms with Gasteiger partial charge in [0.15, 0.2) is 0 Å². The minimum atomic E-state index is 0.603. The largest absolute Gasteiger partial charge is 0.308 e. The Kier molecular flexibility index (Phi) is 1.46. The molecule has 11 heavy (non-hydrogen) atoms. The summed E-state index contributed by atoms with van der Waals surface area (Å²) in [6.45, 7) is 3.17. The fourth-order valence-corrected chi connectivity index (χ4v) is 1.58. The molecule has 1 aliphatic heterocycles. The first kappa shape index (κ1) is 6.85. The lowest BCUT2D eigenvalue weighted by Crippen LogP contribution is -2.33. The molecule has 3 heteroatoms. The molecule has 0 radical (unpaired) electrons. The monoisotopic (exact) mass is 151 g/mol. The van der Waals surface area contributed by atoms with E-state index in [9.17, 15) is 0 Å². The molecule has 0 saturated carbocycles. The SMILES string of the molecule is C[C@H]1Cc2cnn(C)c2CN1. The van der Waals surface area contributed by atoms with Gasteiger partial charge in [-0.1, -0.05) is 0 Å². The Balaban J connectivity index is 2.36. The number of hydrogen-bond acceptors (Lipinski definition) is 2. The zero-order valence-corrected chi connectivity index (χ0v) is 6.96. The van der Waals surface area contributed by atoms with Crippen LogP contribution in [0.5, 0.6) is 0 Å². The molecule has 60 valence electrons. The van der Waals surface area contributed by atoms with Crippen LogP contribution in [0.4, 0.5) is 0 Å². The maximum atomic E-state index is 4.21. The summed E-state index contributed by atoms with van der Waals surface area (Å²) in [5.74, 6) is 0. The zero-order valence-electron chi connectivity index (χ0n) is 6.96. The van der Waals surface area contributed by atoms with Crippen molar-refractivity contribution in [3.63, 3.8) is 0 Å². The molecular weight excluding hydrogens is 138 g/mol. The lowest BCUT2D eigenvalue weighted by molar-refractivity contribution is 0.494. The predicted octanol–water partition coefficient (Wildman–Crippen LogP) is 0.454. The normalized spacial score (nSPS) is 23.3. The van der Waals surface area contributed by atoms with Crippen molar-refractivity contribution in [1.29, 1.82) is 0 Å². The quantitative estimate of drug-likeness (QED) is 0.583. The van der Waals surface area contributed by atoms with Crippen molar-refractivity contribution in [2.24, 2.45) is 7.05 Å². The molecule has 0 amide bonds. The number of aromatic nitrogens is 2. The van der Waals surface area contributed by atoms with Crippen LogP contribution in [0.1, 0.15) is 18.2 Å². The third kappa shape index (κ3) is 1.05. The summed E-state index contributed by atoms with van der Waals surface area (Å²) in [6.07, 6.45) is 3.09. The maximum Gasteiger partial charge on any atom is 0.0551 e. The van der Waals surface area contributed by atoms with Crippen molar-refractivity contribution in [3.05, 3.63) is 17.5 Å². The van der Waals surface area contributed by atoms with E-state index in [4.69, 9.17) is 0 Å². The molecule has 0 spiro atoms. The van der Waals surface area contributed by atoms with Crippen LogP contribution < -0.4 is 5.32 Å². The minimum absolute atomic E-state index is 0.603. The summed E-state index contributed by atoms with van der Waals surface area (Å²) in [4.78, 5) is 0. The second-order valence-electron chi connectivity index (χ2n) is 3.23. The van der Waals surface area contributed by atoms with Crippen LogP contribution in [-0.2, 0) is 20.0 Å². The Morgan fingerprint density at radius 3 is 3.36 bits per heavy atom. The molecule has 1 N–H and O–H groups in total. The molecule has 1 aromatic heterocycles. The van der Waals surface area contributed by atoms with E-state index in [1.807, 2.05) is 17.9 Å². The highest BCUT2D eigenvalue weighted by atomic mass is 15.3. The van der Waals surface area contributed by atoms with Gasteiger partial charge in [-0.05, 0) is 18.9 Å². The maximum absolute atomic E-state index is 4.21. The van der Waals surface area contributed by atoms with Crippen LogP contribution in [0.15, 0.2) is 6.20 Å². The fraction of sp³-hybridized carbons (Fsp3) is 0.625. The summed E-state index contributed by atoms with van der Waals surface area (Å²) in [5, 5.41) is 7.61. The molecule has 1 aromatic rings. The predicted molar refractivity (Wildman–Crippen MR) is 43.2 cm³/mol. The third-order valence-corrected chi connectivity index (χ3v) is 2.29. The van der Waals surface area contributed by atoms with Gasteiger partial charge in [0.1, 0.15) is 0 Å². The lowest BCUT2D eigenvalue weighted by Gasteiger charge is -2.20. The van der Waals surface area contributed by atoms with Gasteiger partial charge in [-0.15, -0.1) is 0 Å². The first-order valence-corrected chi connectivity index (χ1v) is 4.00. The van der Waals surface area contributed by atoms with Crippen molar-refractivity contribution in [1.82, 2.24) is 15.1 Å². The van der Waals surface area contributed by atoms with Gasteiger partial charge in [-0.25, -0.2) is 0 Å². The average molecular weight is 151 g/mol. The van der Waals surface area contributed by atoms with Crippen LogP contribution in [0.3, 0.4) is 0 Å². The van der Waals surface area contributed by atoms with Crippen LogP contribution in [0, 0.1) is 0 Å². The second-order valence-corrected chi connectivity index (χ2v) is 3.23. The Hall–Kier alpha value is -0.830. The van der Waals surface area contributed by atoms with E-state index in [-0.39, 0.29) is 0 Å². The van der Waals surface area contributed by atoms with E-state index < -0.39 is 0 Å². The molecule has 0 bridgehead atoms. The summed E-state index contributed by atoms with van der Waals surface area (Å²) in [6, 6.07) is 0.603. The standard InChI is InChI=1S/C8H13N3/c1-6-3-7-4-10-11(2)8(7)5-9-6/h4,6,9H,3,5H2,1-2H3/t6-/m0/s1. The Labute approximate surface area is 66.4 Å². The zero-order chi connectivity index (χ0) is 7.84. The number of hydrogen-bond donors (Lipinski definition) is 1. The molecule has 1 atom stereocenters. The van der Waals surface area contributed by atoms with Crippen LogP contribution in [0.25, 0.3) is 0 Å². The number of nitrogens with zero attached hydrogens (tertiary/aromatic N) is 2. The minimum Gasteiger partial charge on any atom is -0.308 e. The lowest BCUT2D eigenvalue weighted by atomic mass is 10.0. The van der Waals surface area contributed by atoms with E-state index in [2.05, 4.69) is 17.3 Å². The van der Waals surface area contributed by atoms with Gasteiger partial charge in [0.2, 0.25) is 0 Å². The van der Waals surface area contributed by atoms with Crippen molar-refractivity contribution < 1.29 is 0 Å². The third-order valence-electron chi connectivity index (χ3n) is 2.29. The fourth-order valence-electron chi connectivity index (χ4n) is 1.58. The van der Waals surface area contributed by atoms with Gasteiger partial charge in [0, 0.05) is 19.6 Å². The summed E-state index contributed by atoms with van der Waals surface area (Å²) >= 11 is 0. The molecule has 0 aromatic carbocycles. The van der Waals surface area contributed by atoms with E-state index in [0.717, 1.165) is 13.0 Å².